The Balaban J connectivity index is 1.74. The van der Waals surface area contributed by atoms with Gasteiger partial charge in [0.25, 0.3) is 0 Å². The van der Waals surface area contributed by atoms with E-state index in [1.165, 1.54) is 34.8 Å². The lowest BCUT2D eigenvalue weighted by Gasteiger charge is -2.21. The molecule has 1 aliphatic carbocycles. The zero-order chi connectivity index (χ0) is 19.4. The minimum absolute atomic E-state index is 0.143. The fourth-order valence-electron chi connectivity index (χ4n) is 3.09. The van der Waals surface area contributed by atoms with E-state index in [2.05, 4.69) is 15.0 Å². The van der Waals surface area contributed by atoms with Crippen molar-refractivity contribution in [1.29, 1.82) is 0 Å². The Labute approximate surface area is 164 Å². The van der Waals surface area contributed by atoms with Crippen LogP contribution in [-0.2, 0) is 27.7 Å². The number of amides is 1. The number of sulfonamides is 1. The number of anilines is 1. The average molecular weight is 408 g/mol. The molecule has 0 spiro atoms. The van der Waals surface area contributed by atoms with Crippen LogP contribution in [0.3, 0.4) is 0 Å². The van der Waals surface area contributed by atoms with E-state index in [9.17, 15) is 13.2 Å². The van der Waals surface area contributed by atoms with Gasteiger partial charge in [0.1, 0.15) is 6.04 Å². The normalized spacial score (nSPS) is 15.8. The summed E-state index contributed by atoms with van der Waals surface area (Å²) >= 11 is 1.50. The van der Waals surface area contributed by atoms with Gasteiger partial charge < -0.3 is 5.32 Å². The molecule has 2 N–H and O–H groups in total. The molecule has 0 bridgehead atoms. The second kappa shape index (κ2) is 8.50. The second-order valence-corrected chi connectivity index (χ2v) is 9.89. The van der Waals surface area contributed by atoms with Crippen molar-refractivity contribution in [2.24, 2.45) is 5.92 Å². The Morgan fingerprint density at radius 3 is 2.52 bits per heavy atom. The Morgan fingerprint density at radius 1 is 1.11 bits per heavy atom. The highest BCUT2D eigenvalue weighted by molar-refractivity contribution is 7.89. The Hall–Kier alpha value is -1.77. The maximum absolute atomic E-state index is 12.8. The standard InChI is InChI=1S/C19H25N3O3S2/c1-13(2)17(22-27(24,25)14-9-5-3-6-10-14)18(23)21-19-20-15-11-7-4-8-12-16(15)26-19/h3,5-6,9-10,13,17,22H,4,7-8,11-12H2,1-2H3,(H,20,21,23)/t17-/m0/s1. The molecule has 1 amide bonds. The van der Waals surface area contributed by atoms with Crippen LogP contribution < -0.4 is 10.0 Å². The van der Waals surface area contributed by atoms with Crippen LogP contribution in [0.5, 0.6) is 0 Å². The van der Waals surface area contributed by atoms with Crippen LogP contribution in [0.2, 0.25) is 0 Å². The van der Waals surface area contributed by atoms with Crippen LogP contribution in [0.15, 0.2) is 35.2 Å². The highest BCUT2D eigenvalue weighted by Crippen LogP contribution is 2.29. The van der Waals surface area contributed by atoms with E-state index in [1.807, 2.05) is 13.8 Å². The van der Waals surface area contributed by atoms with Crippen LogP contribution >= 0.6 is 11.3 Å². The van der Waals surface area contributed by atoms with Crippen LogP contribution in [0.4, 0.5) is 5.13 Å². The molecule has 1 aromatic carbocycles. The third-order valence-electron chi connectivity index (χ3n) is 4.61. The molecule has 0 unspecified atom stereocenters. The van der Waals surface area contributed by atoms with E-state index in [1.54, 1.807) is 18.2 Å². The van der Waals surface area contributed by atoms with Gasteiger partial charge in [0.2, 0.25) is 15.9 Å². The van der Waals surface area contributed by atoms with Gasteiger partial charge in [-0.05, 0) is 43.7 Å². The zero-order valence-corrected chi connectivity index (χ0v) is 17.2. The van der Waals surface area contributed by atoms with Crippen LogP contribution in [-0.4, -0.2) is 25.4 Å². The number of hydrogen-bond acceptors (Lipinski definition) is 5. The summed E-state index contributed by atoms with van der Waals surface area (Å²) < 4.78 is 27.7. The fraction of sp³-hybridized carbons (Fsp3) is 0.474. The topological polar surface area (TPSA) is 88.2 Å². The molecule has 3 rings (SSSR count). The first-order chi connectivity index (χ1) is 12.9. The fourth-order valence-corrected chi connectivity index (χ4v) is 5.51. The molecule has 2 aromatic rings. The SMILES string of the molecule is CC(C)[C@H](NS(=O)(=O)c1ccccc1)C(=O)Nc1nc2c(s1)CCCCC2. The predicted molar refractivity (Wildman–Crippen MR) is 107 cm³/mol. The molecule has 0 radical (unpaired) electrons. The van der Waals surface area contributed by atoms with Gasteiger partial charge in [0, 0.05) is 4.88 Å². The predicted octanol–water partition coefficient (Wildman–Crippen LogP) is 3.35. The molecule has 1 heterocycles. The van der Waals surface area contributed by atoms with Gasteiger partial charge in [-0.25, -0.2) is 13.4 Å². The molecule has 6 nitrogen and oxygen atoms in total. The second-order valence-electron chi connectivity index (χ2n) is 7.09. The summed E-state index contributed by atoms with van der Waals surface area (Å²) in [6.07, 6.45) is 5.41. The van der Waals surface area contributed by atoms with Crippen molar-refractivity contribution in [2.75, 3.05) is 5.32 Å². The van der Waals surface area contributed by atoms with E-state index in [0.29, 0.717) is 5.13 Å². The highest BCUT2D eigenvalue weighted by Gasteiger charge is 2.29. The molecule has 0 aliphatic heterocycles. The van der Waals surface area contributed by atoms with Crippen molar-refractivity contribution >= 4 is 32.4 Å². The number of fused-ring (bicyclic) bond motifs is 1. The zero-order valence-electron chi connectivity index (χ0n) is 15.6. The number of rotatable bonds is 6. The summed E-state index contributed by atoms with van der Waals surface area (Å²) in [5, 5.41) is 3.37. The summed E-state index contributed by atoms with van der Waals surface area (Å²) in [6, 6.07) is 7.20. The minimum Gasteiger partial charge on any atom is -0.301 e. The number of carbonyl (C=O) groups is 1. The number of thiazole rings is 1. The molecule has 8 heteroatoms. The summed E-state index contributed by atoms with van der Waals surface area (Å²) in [4.78, 5) is 18.7. The van der Waals surface area contributed by atoms with Gasteiger partial charge in [-0.1, -0.05) is 38.5 Å². The quantitative estimate of drug-likeness (QED) is 0.719. The highest BCUT2D eigenvalue weighted by atomic mass is 32.2. The van der Waals surface area contributed by atoms with Crippen LogP contribution in [0, 0.1) is 5.92 Å². The number of aromatic nitrogens is 1. The van der Waals surface area contributed by atoms with Gasteiger partial charge >= 0.3 is 0 Å². The Kier molecular flexibility index (Phi) is 6.29. The molecule has 1 aromatic heterocycles. The van der Waals surface area contributed by atoms with Gasteiger partial charge in [-0.2, -0.15) is 4.72 Å². The summed E-state index contributed by atoms with van der Waals surface area (Å²) in [5.74, 6) is -0.588. The minimum atomic E-state index is -3.78. The van der Waals surface area contributed by atoms with Crippen molar-refractivity contribution in [2.45, 2.75) is 56.9 Å². The number of carbonyl (C=O) groups excluding carboxylic acids is 1. The molecule has 0 saturated carbocycles. The molecule has 146 valence electrons. The summed E-state index contributed by atoms with van der Waals surface area (Å²) in [7, 11) is -3.78. The van der Waals surface area contributed by atoms with Gasteiger partial charge in [0.15, 0.2) is 5.13 Å². The third-order valence-corrected chi connectivity index (χ3v) is 7.14. The lowest BCUT2D eigenvalue weighted by atomic mass is 10.1. The number of hydrogen-bond donors (Lipinski definition) is 2. The van der Waals surface area contributed by atoms with Crippen molar-refractivity contribution in [3.8, 4) is 0 Å². The number of nitrogens with one attached hydrogen (secondary N) is 2. The van der Waals surface area contributed by atoms with Crippen molar-refractivity contribution in [1.82, 2.24) is 9.71 Å². The number of benzene rings is 1. The molecule has 1 atom stereocenters. The molecule has 1 aliphatic rings. The van der Waals surface area contributed by atoms with E-state index >= 15 is 0 Å². The van der Waals surface area contributed by atoms with E-state index in [0.717, 1.165) is 31.4 Å². The smallest absolute Gasteiger partial charge is 0.244 e. The average Bonchev–Trinajstić information content (AvgIpc) is 2.88. The van der Waals surface area contributed by atoms with Crippen LogP contribution in [0.25, 0.3) is 0 Å². The van der Waals surface area contributed by atoms with E-state index < -0.39 is 16.1 Å². The lowest BCUT2D eigenvalue weighted by molar-refractivity contribution is -0.118. The van der Waals surface area contributed by atoms with E-state index in [-0.39, 0.29) is 16.7 Å². The number of nitrogens with zero attached hydrogens (tertiary/aromatic N) is 1. The molecule has 0 saturated heterocycles. The monoisotopic (exact) mass is 407 g/mol. The maximum Gasteiger partial charge on any atom is 0.244 e. The first kappa shape index (κ1) is 20.0. The van der Waals surface area contributed by atoms with Gasteiger partial charge in [0.05, 0.1) is 10.6 Å². The first-order valence-corrected chi connectivity index (χ1v) is 11.5. The molecule has 27 heavy (non-hydrogen) atoms. The van der Waals surface area contributed by atoms with Crippen molar-refractivity contribution < 1.29 is 13.2 Å². The Bertz CT molecular complexity index is 869. The lowest BCUT2D eigenvalue weighted by Crippen LogP contribution is -2.47. The molecule has 0 fully saturated rings. The Morgan fingerprint density at radius 2 is 1.81 bits per heavy atom. The van der Waals surface area contributed by atoms with E-state index in [4.69, 9.17) is 0 Å². The van der Waals surface area contributed by atoms with Crippen LogP contribution in [0.1, 0.15) is 43.7 Å². The summed E-state index contributed by atoms with van der Waals surface area (Å²) in [6.45, 7) is 3.63. The first-order valence-electron chi connectivity index (χ1n) is 9.23. The van der Waals surface area contributed by atoms with Gasteiger partial charge in [-0.3, -0.25) is 4.79 Å². The largest absolute Gasteiger partial charge is 0.301 e. The number of aryl methyl sites for hydroxylation is 2. The van der Waals surface area contributed by atoms with Crippen molar-refractivity contribution in [3.63, 3.8) is 0 Å². The van der Waals surface area contributed by atoms with Crippen molar-refractivity contribution in [3.05, 3.63) is 40.9 Å². The third kappa shape index (κ3) is 4.94. The van der Waals surface area contributed by atoms with Gasteiger partial charge in [-0.15, -0.1) is 11.3 Å². The summed E-state index contributed by atoms with van der Waals surface area (Å²) in [5.41, 5.74) is 1.07. The molecular weight excluding hydrogens is 382 g/mol. The maximum atomic E-state index is 12.8. The molecular formula is C19H25N3O3S2.